The summed E-state index contributed by atoms with van der Waals surface area (Å²) < 4.78 is 108. The third-order valence-corrected chi connectivity index (χ3v) is 9.85. The average Bonchev–Trinajstić information content (AvgIpc) is 3.00. The van der Waals surface area contributed by atoms with Crippen molar-refractivity contribution in [2.24, 2.45) is 10.2 Å². The molecule has 1 aromatic heterocycles. The van der Waals surface area contributed by atoms with E-state index < -0.39 is 63.6 Å². The number of azo groups is 1. The van der Waals surface area contributed by atoms with Gasteiger partial charge in [-0.1, -0.05) is 19.6 Å². The maximum Gasteiger partial charge on any atom is 0.398 e. The SMILES string of the molecule is C.Cc1cc(Nc2nc(F)nc(Nc3ccc(C)c(C)c3)n2)c2c(O)c(N=Nc3ccc(S(=O)(=O)COS(=O)(=O)O)cc3)c(S(=O)(=O)O)cc2c1. The minimum atomic E-state index is -5.03. The van der Waals surface area contributed by atoms with Gasteiger partial charge in [0.05, 0.1) is 16.3 Å². The number of aromatic nitrogens is 3. The summed E-state index contributed by atoms with van der Waals surface area (Å²) in [7, 11) is -14.4. The second-order valence-electron chi connectivity index (χ2n) is 10.7. The third kappa shape index (κ3) is 9.33. The Labute approximate surface area is 291 Å². The van der Waals surface area contributed by atoms with Gasteiger partial charge in [-0.25, -0.2) is 12.6 Å². The molecule has 5 aromatic rings. The number of phenolic OH excluding ortho intramolecular Hbond substituents is 1. The first-order valence-corrected chi connectivity index (χ1v) is 18.4. The Bertz CT molecular complexity index is 2520. The first kappa shape index (κ1) is 38.6. The number of sulfone groups is 1. The summed E-state index contributed by atoms with van der Waals surface area (Å²) in [6.07, 6.45) is -1.14. The van der Waals surface area contributed by atoms with E-state index >= 15 is 0 Å². The van der Waals surface area contributed by atoms with E-state index in [1.807, 2.05) is 26.0 Å². The number of benzene rings is 4. The van der Waals surface area contributed by atoms with Crippen molar-refractivity contribution in [2.45, 2.75) is 38.0 Å². The first-order chi connectivity index (χ1) is 23.3. The van der Waals surface area contributed by atoms with E-state index in [1.54, 1.807) is 13.0 Å². The van der Waals surface area contributed by atoms with Crippen LogP contribution in [0, 0.1) is 26.8 Å². The molecule has 17 nitrogen and oxygen atoms in total. The van der Waals surface area contributed by atoms with Crippen molar-refractivity contribution >= 4 is 75.8 Å². The molecule has 270 valence electrons. The number of rotatable bonds is 11. The average molecular weight is 764 g/mol. The Kier molecular flexibility index (Phi) is 11.0. The van der Waals surface area contributed by atoms with Crippen LogP contribution in [-0.4, -0.2) is 60.4 Å². The molecule has 0 saturated heterocycles. The Morgan fingerprint density at radius 2 is 1.45 bits per heavy atom. The molecule has 5 rings (SSSR count). The minimum Gasteiger partial charge on any atom is -0.505 e. The summed E-state index contributed by atoms with van der Waals surface area (Å²) in [5, 5.41) is 24.8. The number of hydrogen-bond acceptors (Lipinski definition) is 15. The molecule has 4 aromatic carbocycles. The molecule has 0 aliphatic carbocycles. The highest BCUT2D eigenvalue weighted by Crippen LogP contribution is 2.45. The van der Waals surface area contributed by atoms with E-state index in [1.165, 1.54) is 12.1 Å². The monoisotopic (exact) mass is 763 g/mol. The quantitative estimate of drug-likeness (QED) is 0.0748. The molecule has 1 heterocycles. The van der Waals surface area contributed by atoms with Gasteiger partial charge in [-0.2, -0.15) is 41.3 Å². The Hall–Kier alpha value is -5.19. The molecule has 5 N–H and O–H groups in total. The molecule has 0 saturated carbocycles. The predicted octanol–water partition coefficient (Wildman–Crippen LogP) is 6.13. The third-order valence-electron chi connectivity index (χ3n) is 7.00. The lowest BCUT2D eigenvalue weighted by Gasteiger charge is -2.15. The summed E-state index contributed by atoms with van der Waals surface area (Å²) in [5.74, 6) is -2.58. The molecule has 51 heavy (non-hydrogen) atoms. The van der Waals surface area contributed by atoms with Gasteiger partial charge in [0.1, 0.15) is 10.6 Å². The summed E-state index contributed by atoms with van der Waals surface area (Å²) in [6, 6.07) is 13.7. The first-order valence-electron chi connectivity index (χ1n) is 14.0. The van der Waals surface area contributed by atoms with Crippen molar-refractivity contribution in [1.29, 1.82) is 0 Å². The van der Waals surface area contributed by atoms with Crippen molar-refractivity contribution in [3.05, 3.63) is 83.4 Å². The summed E-state index contributed by atoms with van der Waals surface area (Å²) in [6.45, 7) is 5.48. The van der Waals surface area contributed by atoms with Gasteiger partial charge >= 0.3 is 16.5 Å². The van der Waals surface area contributed by atoms with Crippen LogP contribution in [-0.2, 0) is 34.5 Å². The lowest BCUT2D eigenvalue weighted by Crippen LogP contribution is -2.14. The molecule has 0 atom stereocenters. The normalized spacial score (nSPS) is 12.2. The number of anilines is 4. The zero-order valence-corrected chi connectivity index (χ0v) is 28.5. The fourth-order valence-electron chi connectivity index (χ4n) is 4.58. The van der Waals surface area contributed by atoms with Gasteiger partial charge in [-0.3, -0.25) is 9.11 Å². The van der Waals surface area contributed by atoms with Crippen LogP contribution in [0.4, 0.5) is 39.0 Å². The highest BCUT2D eigenvalue weighted by atomic mass is 32.3. The van der Waals surface area contributed by atoms with Crippen molar-refractivity contribution in [3.8, 4) is 5.75 Å². The van der Waals surface area contributed by atoms with Crippen LogP contribution in [0.25, 0.3) is 10.8 Å². The molecular weight excluding hydrogens is 734 g/mol. The summed E-state index contributed by atoms with van der Waals surface area (Å²) in [5.41, 5.74) is 2.46. The molecule has 21 heteroatoms. The van der Waals surface area contributed by atoms with E-state index in [0.717, 1.165) is 41.5 Å². The highest BCUT2D eigenvalue weighted by Gasteiger charge is 2.25. The zero-order chi connectivity index (χ0) is 36.6. The molecule has 0 amide bonds. The van der Waals surface area contributed by atoms with E-state index in [-0.39, 0.29) is 41.5 Å². The van der Waals surface area contributed by atoms with E-state index in [4.69, 9.17) is 4.55 Å². The van der Waals surface area contributed by atoms with Crippen LogP contribution < -0.4 is 10.6 Å². The number of nitrogens with one attached hydrogen (secondary N) is 2. The molecular formula is C30H30FN7O10S3. The Morgan fingerprint density at radius 3 is 2.06 bits per heavy atom. The molecule has 0 fully saturated rings. The molecule has 0 radical (unpaired) electrons. The molecule has 0 bridgehead atoms. The number of aryl methyl sites for hydroxylation is 3. The van der Waals surface area contributed by atoms with Crippen molar-refractivity contribution < 1.29 is 48.0 Å². The van der Waals surface area contributed by atoms with E-state index in [0.29, 0.717) is 11.3 Å². The molecule has 0 aliphatic rings. The maximum atomic E-state index is 14.5. The van der Waals surface area contributed by atoms with Gasteiger partial charge in [-0.05, 0) is 91.4 Å². The standard InChI is InChI=1S/C29H26FN7O10S3.CH4/c1-15-10-18-13-23(49(41,42)43)25(37-36-19-6-8-21(9-7-19)48(39,40)14-47-50(44,45)46)26(38)24(18)22(11-15)32-29-34-27(30)33-28(35-29)31-20-5-4-16(2)17(3)12-20;/h4-13,38H,14H2,1-3H3,(H,41,42,43)(H,44,45,46)(H2,31,32,33,34,35);1H4. The largest absolute Gasteiger partial charge is 0.505 e. The maximum absolute atomic E-state index is 14.5. The van der Waals surface area contributed by atoms with Crippen molar-refractivity contribution in [1.82, 2.24) is 15.0 Å². The lowest BCUT2D eigenvalue weighted by molar-refractivity contribution is 0.306. The van der Waals surface area contributed by atoms with Gasteiger partial charge in [-0.15, -0.1) is 5.11 Å². The predicted molar refractivity (Wildman–Crippen MR) is 184 cm³/mol. The van der Waals surface area contributed by atoms with Crippen LogP contribution in [0.3, 0.4) is 0 Å². The number of phenols is 1. The van der Waals surface area contributed by atoms with Gasteiger partial charge in [0.15, 0.2) is 11.7 Å². The number of aromatic hydroxyl groups is 1. The Morgan fingerprint density at radius 1 is 0.804 bits per heavy atom. The Balaban J connectivity index is 0.00000583. The van der Waals surface area contributed by atoms with E-state index in [9.17, 15) is 39.3 Å². The molecule has 0 aliphatic heterocycles. The van der Waals surface area contributed by atoms with Crippen molar-refractivity contribution in [3.63, 3.8) is 0 Å². The van der Waals surface area contributed by atoms with Gasteiger partial charge < -0.3 is 15.7 Å². The zero-order valence-electron chi connectivity index (χ0n) is 26.0. The number of hydrogen-bond donors (Lipinski definition) is 5. The number of halogens is 1. The second kappa shape index (κ2) is 14.6. The highest BCUT2D eigenvalue weighted by molar-refractivity contribution is 7.92. The van der Waals surface area contributed by atoms with Crippen LogP contribution in [0.1, 0.15) is 24.1 Å². The fourth-order valence-corrected chi connectivity index (χ4v) is 6.92. The van der Waals surface area contributed by atoms with Gasteiger partial charge in [0, 0.05) is 11.1 Å². The van der Waals surface area contributed by atoms with Crippen LogP contribution in [0.15, 0.2) is 80.7 Å². The fraction of sp³-hybridized carbons (Fsp3) is 0.167. The number of nitrogens with zero attached hydrogens (tertiary/aromatic N) is 5. The summed E-state index contributed by atoms with van der Waals surface area (Å²) in [4.78, 5) is 10.3. The van der Waals surface area contributed by atoms with Crippen LogP contribution in [0.2, 0.25) is 0 Å². The topological polar surface area (TPSA) is 260 Å². The number of fused-ring (bicyclic) bond motifs is 1. The summed E-state index contributed by atoms with van der Waals surface area (Å²) >= 11 is 0. The minimum absolute atomic E-state index is 0. The molecule has 0 spiro atoms. The molecule has 0 unspecified atom stereocenters. The van der Waals surface area contributed by atoms with Crippen molar-refractivity contribution in [2.75, 3.05) is 16.6 Å². The van der Waals surface area contributed by atoms with Gasteiger partial charge in [0.25, 0.3) is 10.1 Å². The van der Waals surface area contributed by atoms with Crippen LogP contribution in [0.5, 0.6) is 5.75 Å². The van der Waals surface area contributed by atoms with Crippen LogP contribution >= 0.6 is 0 Å². The lowest BCUT2D eigenvalue weighted by atomic mass is 10.0. The second-order valence-corrected chi connectivity index (χ2v) is 15.1. The smallest absolute Gasteiger partial charge is 0.398 e. The van der Waals surface area contributed by atoms with Gasteiger partial charge in [0.2, 0.25) is 21.7 Å². The van der Waals surface area contributed by atoms with E-state index in [2.05, 4.69) is 40.0 Å².